The van der Waals surface area contributed by atoms with Crippen LogP contribution >= 0.6 is 0 Å². The van der Waals surface area contributed by atoms with E-state index in [4.69, 9.17) is 14.2 Å². The number of piperazine rings is 1. The van der Waals surface area contributed by atoms with E-state index in [0.29, 0.717) is 28.2 Å². The molecule has 1 aliphatic rings. The lowest BCUT2D eigenvalue weighted by molar-refractivity contribution is 0.355. The van der Waals surface area contributed by atoms with Crippen LogP contribution in [0.4, 0.5) is 10.1 Å². The van der Waals surface area contributed by atoms with Crippen molar-refractivity contribution < 1.29 is 18.6 Å². The standard InChI is InChI=1S/C21H22FN3O3/c1-26-20-12-15-17(13-21(20)27-2)24-6-5-18(15)28-19-4-3-14(11-16(19)22)25-9-7-23-8-10-25/h3-6,11-13,23H,7-10H2,1-2H3. The number of nitrogens with zero attached hydrogens (tertiary/aromatic N) is 2. The number of aromatic nitrogens is 1. The summed E-state index contributed by atoms with van der Waals surface area (Å²) in [5, 5.41) is 4.01. The van der Waals surface area contributed by atoms with Gasteiger partial charge in [-0.3, -0.25) is 4.98 Å². The first kappa shape index (κ1) is 18.3. The second kappa shape index (κ2) is 7.90. The maximum atomic E-state index is 14.7. The maximum absolute atomic E-state index is 14.7. The highest BCUT2D eigenvalue weighted by Gasteiger charge is 2.15. The Hall–Kier alpha value is -3.06. The summed E-state index contributed by atoms with van der Waals surface area (Å²) >= 11 is 0. The van der Waals surface area contributed by atoms with Gasteiger partial charge in [0.05, 0.1) is 19.7 Å². The second-order valence-corrected chi connectivity index (χ2v) is 6.49. The van der Waals surface area contributed by atoms with Gasteiger partial charge in [0, 0.05) is 55.6 Å². The Kier molecular flexibility index (Phi) is 5.16. The van der Waals surface area contributed by atoms with Crippen LogP contribution in [0.3, 0.4) is 0 Å². The minimum absolute atomic E-state index is 0.168. The Morgan fingerprint density at radius 1 is 0.929 bits per heavy atom. The number of fused-ring (bicyclic) bond motifs is 1. The zero-order valence-electron chi connectivity index (χ0n) is 15.9. The van der Waals surface area contributed by atoms with Crippen LogP contribution in [0.2, 0.25) is 0 Å². The molecule has 1 aliphatic heterocycles. The number of ether oxygens (including phenoxy) is 3. The molecular formula is C21H22FN3O3. The molecule has 0 saturated carbocycles. The smallest absolute Gasteiger partial charge is 0.167 e. The lowest BCUT2D eigenvalue weighted by Crippen LogP contribution is -2.43. The molecule has 4 rings (SSSR count). The van der Waals surface area contributed by atoms with E-state index in [-0.39, 0.29) is 5.75 Å². The molecule has 0 radical (unpaired) electrons. The predicted molar refractivity (Wildman–Crippen MR) is 106 cm³/mol. The predicted octanol–water partition coefficient (Wildman–Crippen LogP) is 3.59. The quantitative estimate of drug-likeness (QED) is 0.727. The van der Waals surface area contributed by atoms with Gasteiger partial charge in [-0.2, -0.15) is 0 Å². The summed E-state index contributed by atoms with van der Waals surface area (Å²) in [6.07, 6.45) is 1.62. The van der Waals surface area contributed by atoms with Gasteiger partial charge in [-0.1, -0.05) is 0 Å². The first-order valence-corrected chi connectivity index (χ1v) is 9.13. The third kappa shape index (κ3) is 3.53. The Labute approximate surface area is 162 Å². The number of pyridine rings is 1. The van der Waals surface area contributed by atoms with Crippen molar-refractivity contribution >= 4 is 16.6 Å². The SMILES string of the molecule is COc1cc2nccc(Oc3ccc(N4CCNCC4)cc3F)c2cc1OC. The topological polar surface area (TPSA) is 55.9 Å². The van der Waals surface area contributed by atoms with Crippen molar-refractivity contribution in [2.24, 2.45) is 0 Å². The highest BCUT2D eigenvalue weighted by Crippen LogP contribution is 2.37. The second-order valence-electron chi connectivity index (χ2n) is 6.49. The molecule has 0 amide bonds. The van der Waals surface area contributed by atoms with Gasteiger partial charge < -0.3 is 24.4 Å². The fourth-order valence-electron chi connectivity index (χ4n) is 3.35. The highest BCUT2D eigenvalue weighted by atomic mass is 19.1. The molecule has 0 atom stereocenters. The van der Waals surface area contributed by atoms with Crippen LogP contribution < -0.4 is 24.4 Å². The fraction of sp³-hybridized carbons (Fsp3) is 0.286. The molecule has 7 heteroatoms. The molecule has 6 nitrogen and oxygen atoms in total. The minimum Gasteiger partial charge on any atom is -0.493 e. The molecule has 0 bridgehead atoms. The van der Waals surface area contributed by atoms with E-state index in [0.717, 1.165) is 31.9 Å². The largest absolute Gasteiger partial charge is 0.493 e. The lowest BCUT2D eigenvalue weighted by Gasteiger charge is -2.29. The van der Waals surface area contributed by atoms with Gasteiger partial charge in [0.2, 0.25) is 0 Å². The molecule has 3 aromatic rings. The number of anilines is 1. The maximum Gasteiger partial charge on any atom is 0.167 e. The van der Waals surface area contributed by atoms with Crippen molar-refractivity contribution in [3.8, 4) is 23.0 Å². The Morgan fingerprint density at radius 3 is 2.39 bits per heavy atom. The van der Waals surface area contributed by atoms with Crippen LogP contribution in [-0.4, -0.2) is 45.4 Å². The molecule has 1 fully saturated rings. The molecular weight excluding hydrogens is 361 g/mol. The van der Waals surface area contributed by atoms with Gasteiger partial charge in [-0.15, -0.1) is 0 Å². The van der Waals surface area contributed by atoms with Crippen LogP contribution in [0.1, 0.15) is 0 Å². The number of methoxy groups -OCH3 is 2. The summed E-state index contributed by atoms with van der Waals surface area (Å²) in [5.74, 6) is 1.40. The first-order valence-electron chi connectivity index (χ1n) is 9.13. The third-order valence-electron chi connectivity index (χ3n) is 4.82. The number of nitrogens with one attached hydrogen (secondary N) is 1. The average molecular weight is 383 g/mol. The normalized spacial score (nSPS) is 14.2. The molecule has 2 aromatic carbocycles. The number of benzene rings is 2. The molecule has 1 N–H and O–H groups in total. The summed E-state index contributed by atoms with van der Waals surface area (Å²) in [5.41, 5.74) is 1.53. The first-order chi connectivity index (χ1) is 13.7. The molecule has 0 spiro atoms. The van der Waals surface area contributed by atoms with Crippen LogP contribution in [0.25, 0.3) is 10.9 Å². The molecule has 0 aliphatic carbocycles. The zero-order valence-corrected chi connectivity index (χ0v) is 15.9. The van der Waals surface area contributed by atoms with Crippen molar-refractivity contribution in [3.05, 3.63) is 48.4 Å². The summed E-state index contributed by atoms with van der Waals surface area (Å²) in [6, 6.07) is 10.3. The summed E-state index contributed by atoms with van der Waals surface area (Å²) in [6.45, 7) is 3.51. The van der Waals surface area contributed by atoms with Gasteiger partial charge in [-0.05, 0) is 24.3 Å². The monoisotopic (exact) mass is 383 g/mol. The number of hydrogen-bond donors (Lipinski definition) is 1. The van der Waals surface area contributed by atoms with Crippen molar-refractivity contribution in [1.82, 2.24) is 10.3 Å². The van der Waals surface area contributed by atoms with Gasteiger partial charge >= 0.3 is 0 Å². The van der Waals surface area contributed by atoms with E-state index >= 15 is 0 Å². The molecule has 1 aromatic heterocycles. The van der Waals surface area contributed by atoms with Crippen LogP contribution in [0, 0.1) is 5.82 Å². The third-order valence-corrected chi connectivity index (χ3v) is 4.82. The van der Waals surface area contributed by atoms with E-state index < -0.39 is 5.82 Å². The van der Waals surface area contributed by atoms with Gasteiger partial charge in [0.1, 0.15) is 5.75 Å². The summed E-state index contributed by atoms with van der Waals surface area (Å²) < 4.78 is 31.3. The Bertz CT molecular complexity index is 990. The van der Waals surface area contributed by atoms with E-state index in [1.54, 1.807) is 44.7 Å². The lowest BCUT2D eigenvalue weighted by atomic mass is 10.1. The van der Waals surface area contributed by atoms with Crippen molar-refractivity contribution in [3.63, 3.8) is 0 Å². The highest BCUT2D eigenvalue weighted by molar-refractivity contribution is 5.88. The van der Waals surface area contributed by atoms with Crippen LogP contribution in [0.5, 0.6) is 23.0 Å². The van der Waals surface area contributed by atoms with Crippen molar-refractivity contribution in [2.45, 2.75) is 0 Å². The number of rotatable bonds is 5. The van der Waals surface area contributed by atoms with Gasteiger partial charge in [0.15, 0.2) is 23.1 Å². The van der Waals surface area contributed by atoms with E-state index in [1.165, 1.54) is 6.07 Å². The molecule has 0 unspecified atom stereocenters. The molecule has 28 heavy (non-hydrogen) atoms. The molecule has 2 heterocycles. The average Bonchev–Trinajstić information content (AvgIpc) is 2.75. The number of halogens is 1. The summed E-state index contributed by atoms with van der Waals surface area (Å²) in [7, 11) is 3.13. The van der Waals surface area contributed by atoms with Crippen LogP contribution in [0.15, 0.2) is 42.6 Å². The van der Waals surface area contributed by atoms with Crippen molar-refractivity contribution in [2.75, 3.05) is 45.3 Å². The van der Waals surface area contributed by atoms with Gasteiger partial charge in [0.25, 0.3) is 0 Å². The summed E-state index contributed by atoms with van der Waals surface area (Å²) in [4.78, 5) is 6.50. The zero-order chi connectivity index (χ0) is 19.5. The number of hydrogen-bond acceptors (Lipinski definition) is 6. The fourth-order valence-corrected chi connectivity index (χ4v) is 3.35. The van der Waals surface area contributed by atoms with Crippen molar-refractivity contribution in [1.29, 1.82) is 0 Å². The Balaban J connectivity index is 1.66. The van der Waals surface area contributed by atoms with Crippen LogP contribution in [-0.2, 0) is 0 Å². The minimum atomic E-state index is -0.401. The van der Waals surface area contributed by atoms with E-state index in [9.17, 15) is 4.39 Å². The van der Waals surface area contributed by atoms with E-state index in [2.05, 4.69) is 15.2 Å². The Morgan fingerprint density at radius 2 is 1.68 bits per heavy atom. The van der Waals surface area contributed by atoms with E-state index in [1.807, 2.05) is 6.07 Å². The van der Waals surface area contributed by atoms with Gasteiger partial charge in [-0.25, -0.2) is 4.39 Å². The molecule has 146 valence electrons. The molecule has 1 saturated heterocycles.